The van der Waals surface area contributed by atoms with E-state index in [1.165, 1.54) is 12.1 Å². The van der Waals surface area contributed by atoms with Crippen LogP contribution in [0.4, 0.5) is 5.69 Å². The zero-order valence-electron chi connectivity index (χ0n) is 17.3. The summed E-state index contributed by atoms with van der Waals surface area (Å²) >= 11 is 0. The Kier molecular flexibility index (Phi) is 6.12. The first kappa shape index (κ1) is 21.1. The molecule has 4 aromatic rings. The van der Waals surface area contributed by atoms with Crippen molar-refractivity contribution in [3.05, 3.63) is 118 Å². The summed E-state index contributed by atoms with van der Waals surface area (Å²) in [6, 6.07) is 26.0. The summed E-state index contributed by atoms with van der Waals surface area (Å²) < 4.78 is 0. The number of phenolic OH excluding ortho intramolecular Hbond substituents is 1. The van der Waals surface area contributed by atoms with Crippen LogP contribution in [0.3, 0.4) is 0 Å². The molecule has 0 saturated heterocycles. The summed E-state index contributed by atoms with van der Waals surface area (Å²) in [6.45, 7) is 0. The highest BCUT2D eigenvalue weighted by Gasteiger charge is 2.24. The van der Waals surface area contributed by atoms with Crippen LogP contribution in [0.1, 0.15) is 29.2 Å². The van der Waals surface area contributed by atoms with Crippen LogP contribution in [0, 0.1) is 10.1 Å². The molecule has 0 spiro atoms. The summed E-state index contributed by atoms with van der Waals surface area (Å²) in [4.78, 5) is 23.8. The standard InChI is InChI=1S/C26H22N2O4/c29-23-15-14-19-9-4-5-12-22(19)25(23)26(20-10-6-11-21(17-20)28(31)32)27-24(30)16-13-18-7-2-1-3-8-18/h1-12,14-15,17,26,29H,13,16H2,(H,27,30)/t26-/m1/s1. The van der Waals surface area contributed by atoms with Crippen LogP contribution in [0.15, 0.2) is 91.0 Å². The number of non-ortho nitro benzene ring substituents is 1. The van der Waals surface area contributed by atoms with Crippen molar-refractivity contribution in [2.24, 2.45) is 0 Å². The van der Waals surface area contributed by atoms with E-state index in [0.717, 1.165) is 16.3 Å². The van der Waals surface area contributed by atoms with Crippen LogP contribution >= 0.6 is 0 Å². The van der Waals surface area contributed by atoms with Gasteiger partial charge in [-0.05, 0) is 34.4 Å². The normalized spacial score (nSPS) is 11.8. The Balaban J connectivity index is 1.73. The quantitative estimate of drug-likeness (QED) is 0.310. The summed E-state index contributed by atoms with van der Waals surface area (Å²) in [7, 11) is 0. The minimum atomic E-state index is -0.746. The minimum Gasteiger partial charge on any atom is -0.508 e. The van der Waals surface area contributed by atoms with E-state index in [4.69, 9.17) is 0 Å². The monoisotopic (exact) mass is 426 g/mol. The molecule has 0 aromatic heterocycles. The molecule has 0 heterocycles. The zero-order chi connectivity index (χ0) is 22.5. The van der Waals surface area contributed by atoms with E-state index in [9.17, 15) is 20.0 Å². The Labute approximate surface area is 185 Å². The average molecular weight is 426 g/mol. The lowest BCUT2D eigenvalue weighted by atomic mass is 9.92. The highest BCUT2D eigenvalue weighted by Crippen LogP contribution is 2.36. The SMILES string of the molecule is O=C(CCc1ccccc1)N[C@H](c1cccc([N+](=O)[O-])c1)c1c(O)ccc2ccccc12. The van der Waals surface area contributed by atoms with Gasteiger partial charge < -0.3 is 10.4 Å². The number of benzene rings is 4. The lowest BCUT2D eigenvalue weighted by Gasteiger charge is -2.22. The Bertz CT molecular complexity index is 1270. The van der Waals surface area contributed by atoms with E-state index >= 15 is 0 Å². The molecule has 1 atom stereocenters. The second-order valence-corrected chi connectivity index (χ2v) is 7.56. The molecule has 6 heteroatoms. The average Bonchev–Trinajstić information content (AvgIpc) is 2.82. The molecule has 0 fully saturated rings. The van der Waals surface area contributed by atoms with Gasteiger partial charge in [-0.1, -0.05) is 72.8 Å². The summed E-state index contributed by atoms with van der Waals surface area (Å²) in [5.41, 5.74) is 2.00. The number of hydrogen-bond acceptors (Lipinski definition) is 4. The van der Waals surface area contributed by atoms with Gasteiger partial charge in [0.15, 0.2) is 0 Å². The number of fused-ring (bicyclic) bond motifs is 1. The molecule has 0 saturated carbocycles. The molecule has 0 aliphatic heterocycles. The predicted molar refractivity (Wildman–Crippen MR) is 123 cm³/mol. The molecule has 4 aromatic carbocycles. The zero-order valence-corrected chi connectivity index (χ0v) is 17.3. The van der Waals surface area contributed by atoms with Gasteiger partial charge in [-0.25, -0.2) is 0 Å². The van der Waals surface area contributed by atoms with Crippen molar-refractivity contribution < 1.29 is 14.8 Å². The maximum Gasteiger partial charge on any atom is 0.269 e. The fourth-order valence-electron chi connectivity index (χ4n) is 3.86. The van der Waals surface area contributed by atoms with Crippen LogP contribution < -0.4 is 5.32 Å². The molecule has 0 unspecified atom stereocenters. The summed E-state index contributed by atoms with van der Waals surface area (Å²) in [5.74, 6) is -0.193. The van der Waals surface area contributed by atoms with Crippen molar-refractivity contribution in [1.82, 2.24) is 5.32 Å². The molecule has 160 valence electrons. The van der Waals surface area contributed by atoms with Gasteiger partial charge >= 0.3 is 0 Å². The Hall–Kier alpha value is -4.19. The first-order chi connectivity index (χ1) is 15.5. The number of nitrogens with zero attached hydrogens (tertiary/aromatic N) is 1. The topological polar surface area (TPSA) is 92.5 Å². The molecule has 0 bridgehead atoms. The summed E-state index contributed by atoms with van der Waals surface area (Å²) in [5, 5.41) is 26.8. The van der Waals surface area contributed by atoms with E-state index in [-0.39, 0.29) is 23.8 Å². The molecule has 2 N–H and O–H groups in total. The fourth-order valence-corrected chi connectivity index (χ4v) is 3.86. The number of nitro benzene ring substituents is 1. The lowest BCUT2D eigenvalue weighted by Crippen LogP contribution is -2.29. The number of rotatable bonds is 7. The highest BCUT2D eigenvalue weighted by molar-refractivity contribution is 5.89. The maximum atomic E-state index is 12.9. The van der Waals surface area contributed by atoms with Crippen molar-refractivity contribution in [3.63, 3.8) is 0 Å². The molecule has 0 aliphatic rings. The van der Waals surface area contributed by atoms with Gasteiger partial charge in [-0.15, -0.1) is 0 Å². The van der Waals surface area contributed by atoms with Gasteiger partial charge in [0.1, 0.15) is 5.75 Å². The van der Waals surface area contributed by atoms with Crippen LogP contribution in [0.2, 0.25) is 0 Å². The molecular weight excluding hydrogens is 404 g/mol. The molecule has 0 radical (unpaired) electrons. The van der Waals surface area contributed by atoms with Crippen LogP contribution in [0.5, 0.6) is 5.75 Å². The number of carbonyl (C=O) groups is 1. The number of aromatic hydroxyl groups is 1. The van der Waals surface area contributed by atoms with E-state index in [0.29, 0.717) is 17.5 Å². The first-order valence-corrected chi connectivity index (χ1v) is 10.3. The number of nitro groups is 1. The number of carbonyl (C=O) groups excluding carboxylic acids is 1. The van der Waals surface area contributed by atoms with Crippen LogP contribution in [-0.2, 0) is 11.2 Å². The van der Waals surface area contributed by atoms with Gasteiger partial charge in [-0.2, -0.15) is 0 Å². The van der Waals surface area contributed by atoms with Crippen molar-refractivity contribution in [1.29, 1.82) is 0 Å². The van der Waals surface area contributed by atoms with Gasteiger partial charge in [0.25, 0.3) is 5.69 Å². The fraction of sp³-hybridized carbons (Fsp3) is 0.115. The number of phenols is 1. The largest absolute Gasteiger partial charge is 0.508 e. The van der Waals surface area contributed by atoms with Gasteiger partial charge in [0, 0.05) is 24.1 Å². The van der Waals surface area contributed by atoms with Crippen LogP contribution in [-0.4, -0.2) is 15.9 Å². The van der Waals surface area contributed by atoms with E-state index in [1.54, 1.807) is 24.3 Å². The van der Waals surface area contributed by atoms with Gasteiger partial charge in [-0.3, -0.25) is 14.9 Å². The molecule has 1 amide bonds. The minimum absolute atomic E-state index is 0.0172. The predicted octanol–water partition coefficient (Wildman–Crippen LogP) is 5.29. The van der Waals surface area contributed by atoms with Crippen molar-refractivity contribution in [2.45, 2.75) is 18.9 Å². The number of hydrogen-bond donors (Lipinski definition) is 2. The van der Waals surface area contributed by atoms with Crippen LogP contribution in [0.25, 0.3) is 10.8 Å². The van der Waals surface area contributed by atoms with E-state index < -0.39 is 11.0 Å². The number of aryl methyl sites for hydroxylation is 1. The lowest BCUT2D eigenvalue weighted by molar-refractivity contribution is -0.384. The maximum absolute atomic E-state index is 12.9. The molecule has 32 heavy (non-hydrogen) atoms. The second kappa shape index (κ2) is 9.31. The van der Waals surface area contributed by atoms with E-state index in [1.807, 2.05) is 54.6 Å². The number of nitrogens with one attached hydrogen (secondary N) is 1. The second-order valence-electron chi connectivity index (χ2n) is 7.56. The van der Waals surface area contributed by atoms with Gasteiger partial charge in [0.2, 0.25) is 5.91 Å². The van der Waals surface area contributed by atoms with Crippen molar-refractivity contribution in [3.8, 4) is 5.75 Å². The third-order valence-corrected chi connectivity index (χ3v) is 5.44. The Morgan fingerprint density at radius 1 is 0.938 bits per heavy atom. The third-order valence-electron chi connectivity index (χ3n) is 5.44. The van der Waals surface area contributed by atoms with Gasteiger partial charge in [0.05, 0.1) is 11.0 Å². The smallest absolute Gasteiger partial charge is 0.269 e. The molecular formula is C26H22N2O4. The van der Waals surface area contributed by atoms with Crippen molar-refractivity contribution >= 4 is 22.4 Å². The molecule has 6 nitrogen and oxygen atoms in total. The highest BCUT2D eigenvalue weighted by atomic mass is 16.6. The Morgan fingerprint density at radius 3 is 2.47 bits per heavy atom. The Morgan fingerprint density at radius 2 is 1.69 bits per heavy atom. The summed E-state index contributed by atoms with van der Waals surface area (Å²) in [6.07, 6.45) is 0.816. The van der Waals surface area contributed by atoms with E-state index in [2.05, 4.69) is 5.32 Å². The van der Waals surface area contributed by atoms with Crippen molar-refractivity contribution in [2.75, 3.05) is 0 Å². The molecule has 0 aliphatic carbocycles. The third kappa shape index (κ3) is 4.59. The molecule has 4 rings (SSSR count). The first-order valence-electron chi connectivity index (χ1n) is 10.3. The number of amides is 1.